The topological polar surface area (TPSA) is 46.9 Å². The van der Waals surface area contributed by atoms with Crippen LogP contribution in [-0.4, -0.2) is 64.9 Å². The van der Waals surface area contributed by atoms with Crippen LogP contribution in [0.15, 0.2) is 18.2 Å². The van der Waals surface area contributed by atoms with E-state index in [4.69, 9.17) is 0 Å². The quantitative estimate of drug-likeness (QED) is 0.870. The number of aliphatic hydroxyl groups is 2. The minimum absolute atomic E-state index is 0.282. The number of aliphatic hydroxyl groups excluding tert-OH is 2. The minimum Gasteiger partial charge on any atom is -0.392 e. The summed E-state index contributed by atoms with van der Waals surface area (Å²) in [6, 6.07) is 6.61. The van der Waals surface area contributed by atoms with E-state index in [0.29, 0.717) is 12.6 Å². The minimum atomic E-state index is -0.435. The van der Waals surface area contributed by atoms with Crippen LogP contribution in [0.1, 0.15) is 36.6 Å². The Labute approximate surface area is 134 Å². The molecule has 0 radical (unpaired) electrons. The molecule has 0 saturated carbocycles. The lowest BCUT2D eigenvalue weighted by Crippen LogP contribution is -2.54. The van der Waals surface area contributed by atoms with Crippen LogP contribution in [0.25, 0.3) is 0 Å². The number of aryl methyl sites for hydroxylation is 2. The average Bonchev–Trinajstić information content (AvgIpc) is 2.44. The van der Waals surface area contributed by atoms with Crippen LogP contribution in [0.4, 0.5) is 0 Å². The fourth-order valence-electron chi connectivity index (χ4n) is 3.17. The lowest BCUT2D eigenvalue weighted by atomic mass is 10.0. The summed E-state index contributed by atoms with van der Waals surface area (Å²) in [5, 5.41) is 20.0. The number of rotatable bonds is 5. The molecular formula is C18H30N2O2. The van der Waals surface area contributed by atoms with Crippen molar-refractivity contribution in [3.8, 4) is 0 Å². The van der Waals surface area contributed by atoms with Crippen molar-refractivity contribution in [2.24, 2.45) is 0 Å². The van der Waals surface area contributed by atoms with E-state index in [1.165, 1.54) is 11.1 Å². The van der Waals surface area contributed by atoms with Crippen molar-refractivity contribution >= 4 is 0 Å². The van der Waals surface area contributed by atoms with Gasteiger partial charge in [0.15, 0.2) is 0 Å². The summed E-state index contributed by atoms with van der Waals surface area (Å²) in [6.45, 7) is 12.4. The molecule has 1 aromatic carbocycles. The molecule has 124 valence electrons. The Hall–Kier alpha value is -0.940. The molecular weight excluding hydrogens is 276 g/mol. The van der Waals surface area contributed by atoms with Crippen molar-refractivity contribution in [1.82, 2.24) is 9.80 Å². The zero-order valence-corrected chi connectivity index (χ0v) is 14.3. The molecule has 0 unspecified atom stereocenters. The van der Waals surface area contributed by atoms with Crippen molar-refractivity contribution in [2.45, 2.75) is 45.9 Å². The van der Waals surface area contributed by atoms with Gasteiger partial charge in [-0.15, -0.1) is 0 Å². The molecule has 1 fully saturated rings. The molecule has 0 aromatic heterocycles. The predicted molar refractivity (Wildman–Crippen MR) is 90.0 cm³/mol. The van der Waals surface area contributed by atoms with Gasteiger partial charge in [0.25, 0.3) is 0 Å². The molecule has 0 amide bonds. The summed E-state index contributed by atoms with van der Waals surface area (Å²) in [4.78, 5) is 4.65. The van der Waals surface area contributed by atoms with Gasteiger partial charge >= 0.3 is 0 Å². The molecule has 4 nitrogen and oxygen atoms in total. The lowest BCUT2D eigenvalue weighted by molar-refractivity contribution is 0.0240. The zero-order valence-electron chi connectivity index (χ0n) is 14.3. The van der Waals surface area contributed by atoms with Gasteiger partial charge in [0.2, 0.25) is 0 Å². The Balaban J connectivity index is 1.90. The second-order valence-corrected chi connectivity index (χ2v) is 6.81. The summed E-state index contributed by atoms with van der Waals surface area (Å²) in [7, 11) is 0. The Morgan fingerprint density at radius 2 is 1.86 bits per heavy atom. The third kappa shape index (κ3) is 4.53. The van der Waals surface area contributed by atoms with Crippen LogP contribution in [0.2, 0.25) is 0 Å². The van der Waals surface area contributed by atoms with Crippen LogP contribution in [0, 0.1) is 13.8 Å². The van der Waals surface area contributed by atoms with Crippen molar-refractivity contribution < 1.29 is 10.2 Å². The molecule has 1 aliphatic rings. The summed E-state index contributed by atoms with van der Waals surface area (Å²) in [5.41, 5.74) is 3.49. The third-order valence-corrected chi connectivity index (χ3v) is 4.69. The number of benzene rings is 1. The third-order valence-electron chi connectivity index (χ3n) is 4.69. The number of nitrogens with zero attached hydrogens (tertiary/aromatic N) is 2. The average molecular weight is 306 g/mol. The maximum atomic E-state index is 10.5. The van der Waals surface area contributed by atoms with Gasteiger partial charge in [-0.05, 0) is 44.4 Å². The molecule has 1 heterocycles. The van der Waals surface area contributed by atoms with Crippen molar-refractivity contribution in [3.63, 3.8) is 0 Å². The fraction of sp³-hybridized carbons (Fsp3) is 0.667. The Bertz CT molecular complexity index is 490. The summed E-state index contributed by atoms with van der Waals surface area (Å²) >= 11 is 0. The van der Waals surface area contributed by atoms with Gasteiger partial charge in [0.1, 0.15) is 0 Å². The zero-order chi connectivity index (χ0) is 16.3. The molecule has 0 bridgehead atoms. The maximum absolute atomic E-state index is 10.5. The largest absolute Gasteiger partial charge is 0.392 e. The van der Waals surface area contributed by atoms with Crippen molar-refractivity contribution in [1.29, 1.82) is 0 Å². The number of hydrogen-bond donors (Lipinski definition) is 2. The van der Waals surface area contributed by atoms with Gasteiger partial charge in [-0.25, -0.2) is 0 Å². The van der Waals surface area contributed by atoms with E-state index in [1.54, 1.807) is 0 Å². The molecule has 0 aliphatic carbocycles. The van der Waals surface area contributed by atoms with Crippen LogP contribution in [-0.2, 0) is 0 Å². The van der Waals surface area contributed by atoms with Gasteiger partial charge < -0.3 is 10.2 Å². The molecule has 1 aliphatic heterocycles. The van der Waals surface area contributed by atoms with E-state index >= 15 is 0 Å². The second-order valence-electron chi connectivity index (χ2n) is 6.81. The first-order valence-electron chi connectivity index (χ1n) is 8.26. The van der Waals surface area contributed by atoms with Crippen LogP contribution in [0.5, 0.6) is 0 Å². The highest BCUT2D eigenvalue weighted by atomic mass is 16.3. The Morgan fingerprint density at radius 1 is 1.14 bits per heavy atom. The Kier molecular flexibility index (Phi) is 5.98. The molecule has 2 rings (SSSR count). The normalized spacial score (nSPS) is 23.5. The fourth-order valence-corrected chi connectivity index (χ4v) is 3.17. The van der Waals surface area contributed by atoms with E-state index in [0.717, 1.165) is 31.7 Å². The van der Waals surface area contributed by atoms with E-state index in [-0.39, 0.29) is 6.10 Å². The van der Waals surface area contributed by atoms with Gasteiger partial charge in [0.05, 0.1) is 12.2 Å². The van der Waals surface area contributed by atoms with Crippen LogP contribution in [0.3, 0.4) is 0 Å². The van der Waals surface area contributed by atoms with E-state index in [2.05, 4.69) is 42.7 Å². The summed E-state index contributed by atoms with van der Waals surface area (Å²) < 4.78 is 0. The van der Waals surface area contributed by atoms with Crippen molar-refractivity contribution in [2.75, 3.05) is 32.7 Å². The first-order valence-corrected chi connectivity index (χ1v) is 8.26. The van der Waals surface area contributed by atoms with Gasteiger partial charge in [-0.3, -0.25) is 9.80 Å². The van der Waals surface area contributed by atoms with Gasteiger partial charge in [-0.1, -0.05) is 18.2 Å². The summed E-state index contributed by atoms with van der Waals surface area (Å²) in [6.07, 6.45) is -0.718. The number of piperazine rings is 1. The summed E-state index contributed by atoms with van der Waals surface area (Å²) in [5.74, 6) is 0. The maximum Gasteiger partial charge on any atom is 0.0917 e. The molecule has 1 aromatic rings. The number of β-amino-alcohol motifs (C(OH)–C–C–N with tert-alkyl or cyclic N) is 2. The van der Waals surface area contributed by atoms with Gasteiger partial charge in [0, 0.05) is 38.8 Å². The number of hydrogen-bond acceptors (Lipinski definition) is 4. The smallest absolute Gasteiger partial charge is 0.0917 e. The molecule has 22 heavy (non-hydrogen) atoms. The van der Waals surface area contributed by atoms with Gasteiger partial charge in [-0.2, -0.15) is 0 Å². The van der Waals surface area contributed by atoms with Crippen LogP contribution < -0.4 is 0 Å². The molecule has 2 N–H and O–H groups in total. The van der Waals surface area contributed by atoms with E-state index < -0.39 is 6.10 Å². The molecule has 4 heteroatoms. The standard InChI is InChI=1S/C18H30N2O2/c1-13-5-6-17(9-14(13)2)18(22)12-19-7-8-20(11-16(4)21)15(3)10-19/h5-6,9,15-16,18,21-22H,7-8,10-12H2,1-4H3/t15-,16+,18-/m1/s1. The van der Waals surface area contributed by atoms with E-state index in [9.17, 15) is 10.2 Å². The predicted octanol–water partition coefficient (Wildman–Crippen LogP) is 1.72. The van der Waals surface area contributed by atoms with E-state index in [1.807, 2.05) is 13.0 Å². The lowest BCUT2D eigenvalue weighted by Gasteiger charge is -2.41. The first kappa shape index (κ1) is 17.4. The van der Waals surface area contributed by atoms with Crippen molar-refractivity contribution in [3.05, 3.63) is 34.9 Å². The SMILES string of the molecule is Cc1ccc([C@H](O)CN2CCN(C[C@H](C)O)[C@H](C)C2)cc1C. The highest BCUT2D eigenvalue weighted by Gasteiger charge is 2.25. The highest BCUT2D eigenvalue weighted by molar-refractivity contribution is 5.31. The monoisotopic (exact) mass is 306 g/mol. The Morgan fingerprint density at radius 3 is 2.45 bits per heavy atom. The van der Waals surface area contributed by atoms with Crippen LogP contribution >= 0.6 is 0 Å². The molecule has 1 saturated heterocycles. The molecule has 0 spiro atoms. The first-order chi connectivity index (χ1) is 10.4. The molecule has 3 atom stereocenters. The highest BCUT2D eigenvalue weighted by Crippen LogP contribution is 2.20. The second kappa shape index (κ2) is 7.55.